The van der Waals surface area contributed by atoms with Crippen molar-refractivity contribution in [2.45, 2.75) is 19.4 Å². The summed E-state index contributed by atoms with van der Waals surface area (Å²) in [6, 6.07) is 10.4. The lowest BCUT2D eigenvalue weighted by Crippen LogP contribution is -2.35. The van der Waals surface area contributed by atoms with Crippen LogP contribution in [-0.2, 0) is 16.0 Å². The number of hydrogen-bond acceptors (Lipinski definition) is 3. The van der Waals surface area contributed by atoms with Crippen molar-refractivity contribution in [3.05, 3.63) is 48.0 Å². The van der Waals surface area contributed by atoms with Gasteiger partial charge in [-0.15, -0.1) is 0 Å². The van der Waals surface area contributed by atoms with E-state index in [-0.39, 0.29) is 12.0 Å². The van der Waals surface area contributed by atoms with Crippen molar-refractivity contribution in [2.24, 2.45) is 0 Å². The first kappa shape index (κ1) is 14.5. The summed E-state index contributed by atoms with van der Waals surface area (Å²) >= 11 is 0. The molecule has 1 aromatic rings. The maximum Gasteiger partial charge on any atom is 0.333 e. The highest BCUT2D eigenvalue weighted by molar-refractivity contribution is 5.86. The number of esters is 1. The van der Waals surface area contributed by atoms with E-state index in [1.165, 1.54) is 5.56 Å². The van der Waals surface area contributed by atoms with E-state index in [0.29, 0.717) is 12.2 Å². The number of rotatable bonds is 6. The SMILES string of the molecule is C=C(C)C(=O)OCC(Cc1ccccc1)N(C)C. The second-order valence-electron chi connectivity index (χ2n) is 4.69. The topological polar surface area (TPSA) is 29.5 Å². The summed E-state index contributed by atoms with van der Waals surface area (Å²) in [4.78, 5) is 13.5. The van der Waals surface area contributed by atoms with Gasteiger partial charge < -0.3 is 9.64 Å². The molecule has 0 fully saturated rings. The Kier molecular flexibility index (Phi) is 5.59. The van der Waals surface area contributed by atoms with Crippen molar-refractivity contribution in [2.75, 3.05) is 20.7 Å². The molecule has 1 atom stereocenters. The van der Waals surface area contributed by atoms with E-state index in [1.54, 1.807) is 6.92 Å². The Hall–Kier alpha value is -1.61. The minimum absolute atomic E-state index is 0.177. The molecule has 0 N–H and O–H groups in total. The average Bonchev–Trinajstić information content (AvgIpc) is 2.34. The quantitative estimate of drug-likeness (QED) is 0.570. The molecule has 1 aromatic carbocycles. The third-order valence-corrected chi connectivity index (χ3v) is 2.80. The Morgan fingerprint density at radius 2 is 1.94 bits per heavy atom. The van der Waals surface area contributed by atoms with Gasteiger partial charge in [0.2, 0.25) is 0 Å². The predicted molar refractivity (Wildman–Crippen MR) is 73.4 cm³/mol. The first-order valence-corrected chi connectivity index (χ1v) is 6.03. The first-order valence-electron chi connectivity index (χ1n) is 6.03. The zero-order valence-corrected chi connectivity index (χ0v) is 11.3. The third-order valence-electron chi connectivity index (χ3n) is 2.80. The van der Waals surface area contributed by atoms with Crippen molar-refractivity contribution in [3.8, 4) is 0 Å². The fourth-order valence-corrected chi connectivity index (χ4v) is 1.57. The molecule has 0 spiro atoms. The molecular weight excluding hydrogens is 226 g/mol. The molecular formula is C15H21NO2. The molecule has 0 aromatic heterocycles. The minimum Gasteiger partial charge on any atom is -0.461 e. The number of ether oxygens (including phenoxy) is 1. The maximum atomic E-state index is 11.4. The van der Waals surface area contributed by atoms with E-state index in [0.717, 1.165) is 6.42 Å². The van der Waals surface area contributed by atoms with E-state index in [9.17, 15) is 4.79 Å². The van der Waals surface area contributed by atoms with Crippen molar-refractivity contribution in [3.63, 3.8) is 0 Å². The van der Waals surface area contributed by atoms with Crippen LogP contribution in [0.5, 0.6) is 0 Å². The number of carbonyl (C=O) groups excluding carboxylic acids is 1. The van der Waals surface area contributed by atoms with Gasteiger partial charge in [0, 0.05) is 11.6 Å². The molecule has 0 aliphatic carbocycles. The standard InChI is InChI=1S/C15H21NO2/c1-12(2)15(17)18-11-14(16(3)4)10-13-8-6-5-7-9-13/h5-9,14H,1,10-11H2,2-4H3. The van der Waals surface area contributed by atoms with Crippen LogP contribution in [0.3, 0.4) is 0 Å². The van der Waals surface area contributed by atoms with Gasteiger partial charge in [-0.1, -0.05) is 36.9 Å². The summed E-state index contributed by atoms with van der Waals surface area (Å²) in [6.45, 7) is 5.61. The molecule has 0 radical (unpaired) electrons. The molecule has 0 heterocycles. The monoisotopic (exact) mass is 247 g/mol. The smallest absolute Gasteiger partial charge is 0.333 e. The molecule has 3 heteroatoms. The van der Waals surface area contributed by atoms with Gasteiger partial charge in [0.15, 0.2) is 0 Å². The highest BCUT2D eigenvalue weighted by Crippen LogP contribution is 2.08. The van der Waals surface area contributed by atoms with Gasteiger partial charge in [0.05, 0.1) is 0 Å². The third kappa shape index (κ3) is 4.72. The Morgan fingerprint density at radius 1 is 1.33 bits per heavy atom. The van der Waals surface area contributed by atoms with Crippen molar-refractivity contribution in [1.29, 1.82) is 0 Å². The fourth-order valence-electron chi connectivity index (χ4n) is 1.57. The summed E-state index contributed by atoms with van der Waals surface area (Å²) in [5, 5.41) is 0. The van der Waals surface area contributed by atoms with Crippen molar-refractivity contribution in [1.82, 2.24) is 4.90 Å². The van der Waals surface area contributed by atoms with Crippen LogP contribution < -0.4 is 0 Å². The summed E-state index contributed by atoms with van der Waals surface area (Å²) in [6.07, 6.45) is 0.858. The van der Waals surface area contributed by atoms with Crippen LogP contribution in [-0.4, -0.2) is 37.6 Å². The largest absolute Gasteiger partial charge is 0.461 e. The van der Waals surface area contributed by atoms with E-state index in [4.69, 9.17) is 4.74 Å². The van der Waals surface area contributed by atoms with E-state index < -0.39 is 0 Å². The number of nitrogens with zero attached hydrogens (tertiary/aromatic N) is 1. The lowest BCUT2D eigenvalue weighted by molar-refractivity contribution is -0.140. The molecule has 0 saturated carbocycles. The molecule has 1 unspecified atom stereocenters. The number of carbonyl (C=O) groups is 1. The molecule has 3 nitrogen and oxygen atoms in total. The van der Waals surface area contributed by atoms with E-state index >= 15 is 0 Å². The van der Waals surface area contributed by atoms with Gasteiger partial charge >= 0.3 is 5.97 Å². The van der Waals surface area contributed by atoms with Gasteiger partial charge in [0.25, 0.3) is 0 Å². The number of hydrogen-bond donors (Lipinski definition) is 0. The van der Waals surface area contributed by atoms with E-state index in [1.807, 2.05) is 32.3 Å². The van der Waals surface area contributed by atoms with Crippen LogP contribution in [0.25, 0.3) is 0 Å². The highest BCUT2D eigenvalue weighted by atomic mass is 16.5. The summed E-state index contributed by atoms with van der Waals surface area (Å²) in [5.41, 5.74) is 1.68. The molecule has 0 aliphatic heterocycles. The second-order valence-corrected chi connectivity index (χ2v) is 4.69. The molecule has 0 bridgehead atoms. The van der Waals surface area contributed by atoms with Crippen LogP contribution in [0.2, 0.25) is 0 Å². The summed E-state index contributed by atoms with van der Waals surface area (Å²) in [5.74, 6) is -0.324. The lowest BCUT2D eigenvalue weighted by atomic mass is 10.1. The fraction of sp³-hybridized carbons (Fsp3) is 0.400. The van der Waals surface area contributed by atoms with Crippen molar-refractivity contribution >= 4 is 5.97 Å². The van der Waals surface area contributed by atoms with Crippen LogP contribution >= 0.6 is 0 Å². The zero-order valence-electron chi connectivity index (χ0n) is 11.3. The highest BCUT2D eigenvalue weighted by Gasteiger charge is 2.15. The number of benzene rings is 1. The second kappa shape index (κ2) is 6.97. The zero-order chi connectivity index (χ0) is 13.5. The Balaban J connectivity index is 2.56. The first-order chi connectivity index (χ1) is 8.50. The normalized spacial score (nSPS) is 12.2. The molecule has 0 aliphatic rings. The molecule has 0 amide bonds. The van der Waals surface area contributed by atoms with Gasteiger partial charge in [-0.05, 0) is 33.0 Å². The van der Waals surface area contributed by atoms with Gasteiger partial charge in [-0.2, -0.15) is 0 Å². The molecule has 98 valence electrons. The van der Waals surface area contributed by atoms with Gasteiger partial charge in [-0.3, -0.25) is 0 Å². The van der Waals surface area contributed by atoms with Crippen LogP contribution in [0.4, 0.5) is 0 Å². The van der Waals surface area contributed by atoms with Crippen molar-refractivity contribution < 1.29 is 9.53 Å². The summed E-state index contributed by atoms with van der Waals surface area (Å²) in [7, 11) is 3.98. The van der Waals surface area contributed by atoms with Crippen LogP contribution in [0, 0.1) is 0 Å². The Labute approximate surface area is 109 Å². The molecule has 18 heavy (non-hydrogen) atoms. The average molecular weight is 247 g/mol. The maximum absolute atomic E-state index is 11.4. The van der Waals surface area contributed by atoms with Gasteiger partial charge in [-0.25, -0.2) is 4.79 Å². The summed E-state index contributed by atoms with van der Waals surface area (Å²) < 4.78 is 5.22. The Bertz CT molecular complexity index is 398. The van der Waals surface area contributed by atoms with E-state index in [2.05, 4.69) is 23.6 Å². The Morgan fingerprint density at radius 3 is 2.44 bits per heavy atom. The molecule has 1 rings (SSSR count). The minimum atomic E-state index is -0.324. The molecule has 0 saturated heterocycles. The van der Waals surface area contributed by atoms with Crippen LogP contribution in [0.1, 0.15) is 12.5 Å². The lowest BCUT2D eigenvalue weighted by Gasteiger charge is -2.24. The predicted octanol–water partition coefficient (Wildman–Crippen LogP) is 2.28. The van der Waals surface area contributed by atoms with Crippen LogP contribution in [0.15, 0.2) is 42.5 Å². The van der Waals surface area contributed by atoms with Gasteiger partial charge in [0.1, 0.15) is 6.61 Å². The number of likely N-dealkylation sites (N-methyl/N-ethyl adjacent to an activating group) is 1.